The van der Waals surface area contributed by atoms with Crippen LogP contribution in [0.4, 0.5) is 4.39 Å². The van der Waals surface area contributed by atoms with Gasteiger partial charge in [0.15, 0.2) is 0 Å². The molecule has 1 saturated carbocycles. The van der Waals surface area contributed by atoms with Crippen molar-refractivity contribution < 1.29 is 4.39 Å². The number of hydrogen-bond donors (Lipinski definition) is 1. The van der Waals surface area contributed by atoms with Crippen molar-refractivity contribution in [2.45, 2.75) is 38.1 Å². The van der Waals surface area contributed by atoms with Crippen molar-refractivity contribution in [2.75, 3.05) is 0 Å². The smallest absolute Gasteiger partial charge is 0.127 e. The summed E-state index contributed by atoms with van der Waals surface area (Å²) in [6.45, 7) is 0. The second-order valence-electron chi connectivity index (χ2n) is 4.51. The summed E-state index contributed by atoms with van der Waals surface area (Å²) in [5, 5.41) is 0. The van der Waals surface area contributed by atoms with E-state index in [4.69, 9.17) is 5.73 Å². The van der Waals surface area contributed by atoms with E-state index >= 15 is 0 Å². The largest absolute Gasteiger partial charge is 0.324 e. The molecule has 1 nitrogen and oxygen atoms in total. The van der Waals surface area contributed by atoms with Gasteiger partial charge in [-0.25, -0.2) is 4.39 Å². The third-order valence-corrected chi connectivity index (χ3v) is 3.37. The molecule has 1 aliphatic carbocycles. The fourth-order valence-corrected chi connectivity index (χ4v) is 2.51. The molecule has 2 heteroatoms. The van der Waals surface area contributed by atoms with E-state index in [0.717, 1.165) is 6.42 Å². The van der Waals surface area contributed by atoms with Crippen LogP contribution in [0.1, 0.15) is 43.7 Å². The fraction of sp³-hybridized carbons (Fsp3) is 0.538. The first-order chi connectivity index (χ1) is 7.27. The lowest BCUT2D eigenvalue weighted by Gasteiger charge is -2.17. The molecule has 1 unspecified atom stereocenters. The molecule has 82 valence electrons. The van der Waals surface area contributed by atoms with E-state index in [-0.39, 0.29) is 11.9 Å². The Morgan fingerprint density at radius 3 is 2.60 bits per heavy atom. The first kappa shape index (κ1) is 10.6. The summed E-state index contributed by atoms with van der Waals surface area (Å²) < 4.78 is 13.4. The quantitative estimate of drug-likeness (QED) is 0.807. The predicted octanol–water partition coefficient (Wildman–Crippen LogP) is 3.41. The molecule has 0 bridgehead atoms. The molecule has 1 fully saturated rings. The van der Waals surface area contributed by atoms with Crippen molar-refractivity contribution in [1.82, 2.24) is 0 Å². The minimum Gasteiger partial charge on any atom is -0.324 e. The summed E-state index contributed by atoms with van der Waals surface area (Å²) in [5.41, 5.74) is 6.71. The molecule has 0 amide bonds. The topological polar surface area (TPSA) is 26.0 Å². The van der Waals surface area contributed by atoms with Crippen LogP contribution in [0.2, 0.25) is 0 Å². The molecule has 0 radical (unpaired) electrons. The summed E-state index contributed by atoms with van der Waals surface area (Å²) in [7, 11) is 0. The predicted molar refractivity (Wildman–Crippen MR) is 59.9 cm³/mol. The Balaban J connectivity index is 2.00. The van der Waals surface area contributed by atoms with Gasteiger partial charge in [0.05, 0.1) is 0 Å². The Hall–Kier alpha value is -0.890. The van der Waals surface area contributed by atoms with Gasteiger partial charge in [0, 0.05) is 11.6 Å². The van der Waals surface area contributed by atoms with Crippen LogP contribution in [0.3, 0.4) is 0 Å². The van der Waals surface area contributed by atoms with E-state index in [0.29, 0.717) is 11.5 Å². The Kier molecular flexibility index (Phi) is 3.37. The van der Waals surface area contributed by atoms with Gasteiger partial charge in [0.1, 0.15) is 5.82 Å². The number of rotatable bonds is 3. The molecule has 1 aliphatic rings. The highest BCUT2D eigenvalue weighted by molar-refractivity contribution is 5.20. The maximum atomic E-state index is 13.4. The van der Waals surface area contributed by atoms with Crippen LogP contribution in [0.5, 0.6) is 0 Å². The van der Waals surface area contributed by atoms with E-state index in [2.05, 4.69) is 0 Å². The van der Waals surface area contributed by atoms with Crippen LogP contribution >= 0.6 is 0 Å². The van der Waals surface area contributed by atoms with E-state index in [1.54, 1.807) is 12.1 Å². The average Bonchev–Trinajstić information content (AvgIpc) is 2.71. The zero-order chi connectivity index (χ0) is 10.7. The normalized spacial score (nSPS) is 19.3. The molecular formula is C13H18FN. The zero-order valence-corrected chi connectivity index (χ0v) is 8.95. The van der Waals surface area contributed by atoms with Gasteiger partial charge in [-0.05, 0) is 18.4 Å². The van der Waals surface area contributed by atoms with Crippen molar-refractivity contribution in [1.29, 1.82) is 0 Å². The molecule has 1 aromatic rings. The highest BCUT2D eigenvalue weighted by atomic mass is 19.1. The Bertz CT molecular complexity index is 318. The minimum atomic E-state index is -0.164. The van der Waals surface area contributed by atoms with E-state index in [1.807, 2.05) is 6.07 Å². The maximum absolute atomic E-state index is 13.4. The number of benzene rings is 1. The Morgan fingerprint density at radius 2 is 1.93 bits per heavy atom. The maximum Gasteiger partial charge on any atom is 0.127 e. The highest BCUT2D eigenvalue weighted by Gasteiger charge is 2.20. The standard InChI is InChI=1S/C13H18FN/c14-12-8-4-3-7-11(12)13(15)9-10-5-1-2-6-10/h3-4,7-8,10,13H,1-2,5-6,9,15H2. The number of halogens is 1. The summed E-state index contributed by atoms with van der Waals surface area (Å²) in [6.07, 6.45) is 6.09. The van der Waals surface area contributed by atoms with Crippen LogP contribution in [0.15, 0.2) is 24.3 Å². The van der Waals surface area contributed by atoms with Crippen LogP contribution in [0.25, 0.3) is 0 Å². The van der Waals surface area contributed by atoms with Gasteiger partial charge in [-0.3, -0.25) is 0 Å². The molecule has 0 aliphatic heterocycles. The Labute approximate surface area is 90.5 Å². The number of nitrogens with two attached hydrogens (primary N) is 1. The summed E-state index contributed by atoms with van der Waals surface area (Å²) in [4.78, 5) is 0. The Morgan fingerprint density at radius 1 is 1.27 bits per heavy atom. The molecule has 0 saturated heterocycles. The van der Waals surface area contributed by atoms with Gasteiger partial charge in [0.25, 0.3) is 0 Å². The summed E-state index contributed by atoms with van der Waals surface area (Å²) in [5.74, 6) is 0.544. The van der Waals surface area contributed by atoms with Gasteiger partial charge >= 0.3 is 0 Å². The molecule has 2 N–H and O–H groups in total. The molecular weight excluding hydrogens is 189 g/mol. The average molecular weight is 207 g/mol. The van der Waals surface area contributed by atoms with E-state index in [1.165, 1.54) is 31.7 Å². The van der Waals surface area contributed by atoms with Crippen LogP contribution < -0.4 is 5.73 Å². The second kappa shape index (κ2) is 4.75. The third kappa shape index (κ3) is 2.57. The van der Waals surface area contributed by atoms with Gasteiger partial charge in [0.2, 0.25) is 0 Å². The molecule has 2 rings (SSSR count). The van der Waals surface area contributed by atoms with Crippen LogP contribution in [-0.2, 0) is 0 Å². The van der Waals surface area contributed by atoms with Crippen molar-refractivity contribution in [3.8, 4) is 0 Å². The fourth-order valence-electron chi connectivity index (χ4n) is 2.51. The van der Waals surface area contributed by atoms with Crippen molar-refractivity contribution in [3.63, 3.8) is 0 Å². The van der Waals surface area contributed by atoms with Gasteiger partial charge in [-0.1, -0.05) is 43.9 Å². The summed E-state index contributed by atoms with van der Waals surface area (Å²) in [6, 6.07) is 6.72. The van der Waals surface area contributed by atoms with Crippen molar-refractivity contribution in [3.05, 3.63) is 35.6 Å². The van der Waals surface area contributed by atoms with E-state index in [9.17, 15) is 4.39 Å². The van der Waals surface area contributed by atoms with E-state index < -0.39 is 0 Å². The summed E-state index contributed by atoms with van der Waals surface area (Å²) >= 11 is 0. The highest BCUT2D eigenvalue weighted by Crippen LogP contribution is 2.32. The molecule has 1 aromatic carbocycles. The minimum absolute atomic E-state index is 0.130. The van der Waals surface area contributed by atoms with Crippen LogP contribution in [-0.4, -0.2) is 0 Å². The van der Waals surface area contributed by atoms with Gasteiger partial charge in [-0.2, -0.15) is 0 Å². The van der Waals surface area contributed by atoms with Gasteiger partial charge in [-0.15, -0.1) is 0 Å². The molecule has 0 aromatic heterocycles. The first-order valence-electron chi connectivity index (χ1n) is 5.77. The first-order valence-corrected chi connectivity index (χ1v) is 5.77. The number of hydrogen-bond acceptors (Lipinski definition) is 1. The van der Waals surface area contributed by atoms with Crippen molar-refractivity contribution in [2.24, 2.45) is 11.7 Å². The lowest BCUT2D eigenvalue weighted by Crippen LogP contribution is -2.15. The lowest BCUT2D eigenvalue weighted by molar-refractivity contribution is 0.440. The van der Waals surface area contributed by atoms with Crippen molar-refractivity contribution >= 4 is 0 Å². The second-order valence-corrected chi connectivity index (χ2v) is 4.51. The molecule has 15 heavy (non-hydrogen) atoms. The lowest BCUT2D eigenvalue weighted by atomic mass is 9.94. The SMILES string of the molecule is NC(CC1CCCC1)c1ccccc1F. The van der Waals surface area contributed by atoms with Gasteiger partial charge < -0.3 is 5.73 Å². The molecule has 0 heterocycles. The van der Waals surface area contributed by atoms with Crippen LogP contribution in [0, 0.1) is 11.7 Å². The zero-order valence-electron chi connectivity index (χ0n) is 8.95. The monoisotopic (exact) mass is 207 g/mol. The molecule has 1 atom stereocenters. The molecule has 0 spiro atoms. The third-order valence-electron chi connectivity index (χ3n) is 3.37.